The van der Waals surface area contributed by atoms with E-state index in [9.17, 15) is 12.8 Å². The average molecular weight is 273 g/mol. The lowest BCUT2D eigenvalue weighted by Crippen LogP contribution is -2.28. The molecule has 0 radical (unpaired) electrons. The minimum Gasteiger partial charge on any atom is -0.487 e. The maximum absolute atomic E-state index is 13.7. The molecule has 1 aliphatic heterocycles. The van der Waals surface area contributed by atoms with E-state index in [1.807, 2.05) is 0 Å². The fraction of sp³-hybridized carbons (Fsp3) is 0.300. The maximum atomic E-state index is 13.7. The predicted octanol–water partition coefficient (Wildman–Crippen LogP) is 0.988. The van der Waals surface area contributed by atoms with Gasteiger partial charge >= 0.3 is 10.2 Å². The quantitative estimate of drug-likeness (QED) is 0.840. The number of halogens is 1. The van der Waals surface area contributed by atoms with Crippen molar-refractivity contribution in [2.75, 3.05) is 4.72 Å². The van der Waals surface area contributed by atoms with Crippen LogP contribution in [0.1, 0.15) is 19.4 Å². The summed E-state index contributed by atoms with van der Waals surface area (Å²) in [5, 5.41) is 0. The van der Waals surface area contributed by atoms with E-state index in [4.69, 9.17) is 10.5 Å². The summed E-state index contributed by atoms with van der Waals surface area (Å²) in [6.07, 6.45) is -0.280. The van der Waals surface area contributed by atoms with Crippen LogP contribution in [0.4, 0.5) is 10.1 Å². The summed E-state index contributed by atoms with van der Waals surface area (Å²) in [5.41, 5.74) is 5.83. The van der Waals surface area contributed by atoms with Gasteiger partial charge in [0.15, 0.2) is 17.4 Å². The van der Waals surface area contributed by atoms with Crippen LogP contribution in [0.3, 0.4) is 0 Å². The van der Waals surface area contributed by atoms with Crippen molar-refractivity contribution in [2.24, 2.45) is 10.1 Å². The number of nitrogens with zero attached hydrogens (tertiary/aromatic N) is 1. The Balaban J connectivity index is 2.65. The Labute approximate surface area is 104 Å². The number of amidine groups is 1. The summed E-state index contributed by atoms with van der Waals surface area (Å²) in [6.45, 7) is 3.44. The van der Waals surface area contributed by atoms with Crippen LogP contribution in [0.25, 0.3) is 0 Å². The summed E-state index contributed by atoms with van der Waals surface area (Å²) in [7, 11) is -3.87. The lowest BCUT2D eigenvalue weighted by Gasteiger charge is -2.20. The Hall–Kier alpha value is -1.83. The number of fused-ring (bicyclic) bond motifs is 1. The zero-order valence-corrected chi connectivity index (χ0v) is 10.6. The zero-order valence-electron chi connectivity index (χ0n) is 9.77. The van der Waals surface area contributed by atoms with Crippen LogP contribution in [0.5, 0.6) is 5.75 Å². The fourth-order valence-electron chi connectivity index (χ4n) is 1.58. The molecular weight excluding hydrogens is 261 g/mol. The van der Waals surface area contributed by atoms with Gasteiger partial charge in [-0.2, -0.15) is 8.42 Å². The van der Waals surface area contributed by atoms with Crippen molar-refractivity contribution in [1.82, 2.24) is 0 Å². The Kier molecular flexibility index (Phi) is 2.89. The van der Waals surface area contributed by atoms with E-state index in [-0.39, 0.29) is 28.9 Å². The fourth-order valence-corrected chi connectivity index (χ4v) is 2.43. The van der Waals surface area contributed by atoms with E-state index in [0.29, 0.717) is 0 Å². The molecule has 1 aromatic carbocycles. The molecule has 1 aliphatic rings. The van der Waals surface area contributed by atoms with Crippen molar-refractivity contribution in [3.05, 3.63) is 23.5 Å². The van der Waals surface area contributed by atoms with Crippen LogP contribution in [-0.2, 0) is 10.2 Å². The molecule has 0 saturated carbocycles. The van der Waals surface area contributed by atoms with E-state index >= 15 is 0 Å². The molecular formula is C10H12FN3O3S. The van der Waals surface area contributed by atoms with Crippen LogP contribution in [0.15, 0.2) is 16.5 Å². The highest BCUT2D eigenvalue weighted by atomic mass is 32.2. The molecule has 98 valence electrons. The summed E-state index contributed by atoms with van der Waals surface area (Å²) in [4.78, 5) is 0. The largest absolute Gasteiger partial charge is 0.487 e. The molecule has 0 aromatic heterocycles. The lowest BCUT2D eigenvalue weighted by molar-refractivity contribution is 0.231. The second-order valence-electron chi connectivity index (χ2n) is 4.02. The van der Waals surface area contributed by atoms with Crippen molar-refractivity contribution >= 4 is 21.7 Å². The Bertz CT molecular complexity index is 626. The van der Waals surface area contributed by atoms with Gasteiger partial charge in [0, 0.05) is 0 Å². The van der Waals surface area contributed by atoms with Gasteiger partial charge in [0.05, 0.1) is 17.4 Å². The molecule has 0 atom stereocenters. The Morgan fingerprint density at radius 2 is 2.11 bits per heavy atom. The molecule has 0 saturated heterocycles. The van der Waals surface area contributed by atoms with Crippen molar-refractivity contribution < 1.29 is 17.5 Å². The van der Waals surface area contributed by atoms with E-state index < -0.39 is 16.0 Å². The second kappa shape index (κ2) is 4.13. The van der Waals surface area contributed by atoms with Gasteiger partial charge in [-0.25, -0.2) is 4.39 Å². The third-order valence-corrected chi connectivity index (χ3v) is 3.09. The second-order valence-corrected chi connectivity index (χ2v) is 5.36. The van der Waals surface area contributed by atoms with Gasteiger partial charge in [-0.05, 0) is 26.0 Å². The minimum absolute atomic E-state index is 0.105. The molecule has 0 unspecified atom stereocenters. The van der Waals surface area contributed by atoms with Gasteiger partial charge in [-0.15, -0.1) is 4.40 Å². The molecule has 0 amide bonds. The third kappa shape index (κ3) is 2.23. The Morgan fingerprint density at radius 3 is 2.72 bits per heavy atom. The molecule has 1 heterocycles. The molecule has 0 fully saturated rings. The summed E-state index contributed by atoms with van der Waals surface area (Å²) < 4.78 is 47.1. The predicted molar refractivity (Wildman–Crippen MR) is 65.4 cm³/mol. The maximum Gasteiger partial charge on any atom is 0.344 e. The average Bonchev–Trinajstić information content (AvgIpc) is 2.20. The zero-order chi connectivity index (χ0) is 13.5. The smallest absolute Gasteiger partial charge is 0.344 e. The van der Waals surface area contributed by atoms with Gasteiger partial charge in [0.2, 0.25) is 0 Å². The molecule has 18 heavy (non-hydrogen) atoms. The molecule has 8 heteroatoms. The molecule has 0 bridgehead atoms. The highest BCUT2D eigenvalue weighted by Crippen LogP contribution is 2.33. The lowest BCUT2D eigenvalue weighted by atomic mass is 10.1. The monoisotopic (exact) mass is 273 g/mol. The number of nitrogens with one attached hydrogen (secondary N) is 1. The van der Waals surface area contributed by atoms with E-state index in [2.05, 4.69) is 9.12 Å². The van der Waals surface area contributed by atoms with Crippen LogP contribution >= 0.6 is 0 Å². The molecule has 0 aliphatic carbocycles. The number of hydrogen-bond donors (Lipinski definition) is 2. The third-order valence-electron chi connectivity index (χ3n) is 2.18. The van der Waals surface area contributed by atoms with Crippen LogP contribution in [0, 0.1) is 5.82 Å². The Morgan fingerprint density at radius 1 is 1.44 bits per heavy atom. The van der Waals surface area contributed by atoms with E-state index in [1.54, 1.807) is 13.8 Å². The van der Waals surface area contributed by atoms with Gasteiger partial charge < -0.3 is 10.5 Å². The molecule has 1 aromatic rings. The van der Waals surface area contributed by atoms with Gasteiger partial charge in [0.25, 0.3) is 0 Å². The number of rotatable bonds is 2. The normalized spacial score (nSPS) is 16.8. The number of benzene rings is 1. The van der Waals surface area contributed by atoms with Crippen LogP contribution in [-0.4, -0.2) is 20.4 Å². The number of ether oxygens (including phenoxy) is 1. The minimum atomic E-state index is -3.87. The van der Waals surface area contributed by atoms with E-state index in [1.165, 1.54) is 6.07 Å². The standard InChI is InChI=1S/C10H12FN3O3S/c1-5(2)17-9-6(11)3-4-7-8(9)10(12)14-18(15,16)13-7/h3-5,13H,1-2H3,(H2,12,14). The van der Waals surface area contributed by atoms with Crippen molar-refractivity contribution in [1.29, 1.82) is 0 Å². The topological polar surface area (TPSA) is 93.8 Å². The van der Waals surface area contributed by atoms with Gasteiger partial charge in [-0.1, -0.05) is 0 Å². The molecule has 3 N–H and O–H groups in total. The highest BCUT2D eigenvalue weighted by Gasteiger charge is 2.27. The number of anilines is 1. The van der Waals surface area contributed by atoms with Gasteiger partial charge in [0.1, 0.15) is 0 Å². The van der Waals surface area contributed by atoms with Gasteiger partial charge in [-0.3, -0.25) is 4.72 Å². The first-order valence-electron chi connectivity index (χ1n) is 5.18. The molecule has 6 nitrogen and oxygen atoms in total. The summed E-state index contributed by atoms with van der Waals surface area (Å²) in [6, 6.07) is 2.38. The van der Waals surface area contributed by atoms with Crippen molar-refractivity contribution in [3.8, 4) is 5.75 Å². The van der Waals surface area contributed by atoms with Crippen LogP contribution < -0.4 is 15.2 Å². The van der Waals surface area contributed by atoms with Crippen molar-refractivity contribution in [3.63, 3.8) is 0 Å². The first kappa shape index (κ1) is 12.6. The van der Waals surface area contributed by atoms with Crippen molar-refractivity contribution in [2.45, 2.75) is 20.0 Å². The molecule has 0 spiro atoms. The SMILES string of the molecule is CC(C)Oc1c(F)ccc2c1C(N)=NS(=O)(=O)N2. The summed E-state index contributed by atoms with van der Waals surface area (Å²) >= 11 is 0. The first-order chi connectivity index (χ1) is 8.30. The summed E-state index contributed by atoms with van der Waals surface area (Å²) in [5.74, 6) is -1.02. The highest BCUT2D eigenvalue weighted by molar-refractivity contribution is 7.91. The number of hydrogen-bond acceptors (Lipinski definition) is 4. The van der Waals surface area contributed by atoms with Crippen LogP contribution in [0.2, 0.25) is 0 Å². The number of nitrogens with two attached hydrogens (primary N) is 1. The first-order valence-corrected chi connectivity index (χ1v) is 6.62. The molecule has 2 rings (SSSR count). The van der Waals surface area contributed by atoms with E-state index in [0.717, 1.165) is 6.07 Å².